The van der Waals surface area contributed by atoms with Gasteiger partial charge in [0.15, 0.2) is 5.96 Å². The Morgan fingerprint density at radius 2 is 1.73 bits per heavy atom. The van der Waals surface area contributed by atoms with Crippen LogP contribution in [-0.2, 0) is 11.2 Å². The van der Waals surface area contributed by atoms with Crippen LogP contribution in [0.25, 0.3) is 0 Å². The molecule has 0 saturated heterocycles. The summed E-state index contributed by atoms with van der Waals surface area (Å²) in [7, 11) is 0. The predicted molar refractivity (Wildman–Crippen MR) is 91.6 cm³/mol. The summed E-state index contributed by atoms with van der Waals surface area (Å²) in [4.78, 5) is 12.3. The van der Waals surface area contributed by atoms with Gasteiger partial charge in [0, 0.05) is 5.02 Å². The van der Waals surface area contributed by atoms with Gasteiger partial charge < -0.3 is 5.73 Å². The standard InChI is InChI=1S/C16H16ClN3O.ClH/c17-13-8-6-11(7-9-13)10-14(15(21)20-16(18)19)12-4-2-1-3-5-12;/h1-9,14H,10H2,(H4,18,19,20,21);1H/t14-;/m1./s1. The van der Waals surface area contributed by atoms with Crippen LogP contribution in [0.3, 0.4) is 0 Å². The number of hydrogen-bond acceptors (Lipinski definition) is 2. The molecule has 22 heavy (non-hydrogen) atoms. The molecule has 0 aromatic heterocycles. The van der Waals surface area contributed by atoms with Crippen molar-refractivity contribution in [1.82, 2.24) is 5.32 Å². The van der Waals surface area contributed by atoms with Crippen LogP contribution in [0, 0.1) is 5.41 Å². The van der Waals surface area contributed by atoms with E-state index in [4.69, 9.17) is 22.7 Å². The molecule has 0 unspecified atom stereocenters. The topological polar surface area (TPSA) is 79.0 Å². The quantitative estimate of drug-likeness (QED) is 0.592. The molecule has 0 heterocycles. The highest BCUT2D eigenvalue weighted by molar-refractivity contribution is 6.30. The average molecular weight is 338 g/mol. The van der Waals surface area contributed by atoms with Crippen LogP contribution < -0.4 is 11.1 Å². The maximum Gasteiger partial charge on any atom is 0.234 e. The average Bonchev–Trinajstić information content (AvgIpc) is 2.46. The summed E-state index contributed by atoms with van der Waals surface area (Å²) in [5, 5.41) is 10.2. The minimum absolute atomic E-state index is 0. The van der Waals surface area contributed by atoms with Crippen LogP contribution in [0.2, 0.25) is 5.02 Å². The molecule has 0 saturated carbocycles. The van der Waals surface area contributed by atoms with Gasteiger partial charge in [0.1, 0.15) is 0 Å². The largest absolute Gasteiger partial charge is 0.370 e. The summed E-state index contributed by atoms with van der Waals surface area (Å²) >= 11 is 5.87. The molecule has 2 aromatic carbocycles. The van der Waals surface area contributed by atoms with E-state index in [1.165, 1.54) is 0 Å². The van der Waals surface area contributed by atoms with Gasteiger partial charge in [-0.1, -0.05) is 54.1 Å². The fourth-order valence-corrected chi connectivity index (χ4v) is 2.25. The first-order chi connectivity index (χ1) is 10.1. The van der Waals surface area contributed by atoms with E-state index in [1.807, 2.05) is 42.5 Å². The predicted octanol–water partition coefficient (Wildman–Crippen LogP) is 3.10. The van der Waals surface area contributed by atoms with E-state index in [2.05, 4.69) is 5.32 Å². The number of halogens is 2. The number of nitrogens with two attached hydrogens (primary N) is 1. The fourth-order valence-electron chi connectivity index (χ4n) is 2.12. The molecule has 0 bridgehead atoms. The number of nitrogens with one attached hydrogen (secondary N) is 2. The third-order valence-corrected chi connectivity index (χ3v) is 3.38. The molecule has 1 atom stereocenters. The first kappa shape index (κ1) is 18.0. The smallest absolute Gasteiger partial charge is 0.234 e. The van der Waals surface area contributed by atoms with Crippen molar-refractivity contribution in [3.8, 4) is 0 Å². The molecule has 116 valence electrons. The van der Waals surface area contributed by atoms with Crippen LogP contribution in [0.5, 0.6) is 0 Å². The third-order valence-electron chi connectivity index (χ3n) is 3.13. The van der Waals surface area contributed by atoms with Crippen molar-refractivity contribution in [3.05, 3.63) is 70.7 Å². The molecule has 1 amide bonds. The summed E-state index contributed by atoms with van der Waals surface area (Å²) < 4.78 is 0. The highest BCUT2D eigenvalue weighted by Gasteiger charge is 2.21. The van der Waals surface area contributed by atoms with Crippen molar-refractivity contribution in [3.63, 3.8) is 0 Å². The second kappa shape index (κ2) is 8.41. The van der Waals surface area contributed by atoms with Crippen molar-refractivity contribution >= 4 is 35.9 Å². The van der Waals surface area contributed by atoms with Crippen LogP contribution in [0.4, 0.5) is 0 Å². The van der Waals surface area contributed by atoms with E-state index in [0.717, 1.165) is 11.1 Å². The Kier molecular flexibility index (Phi) is 6.89. The van der Waals surface area contributed by atoms with Crippen LogP contribution >= 0.6 is 24.0 Å². The zero-order chi connectivity index (χ0) is 15.2. The first-order valence-corrected chi connectivity index (χ1v) is 6.88. The lowest BCUT2D eigenvalue weighted by Gasteiger charge is -2.17. The maximum atomic E-state index is 12.3. The van der Waals surface area contributed by atoms with Crippen LogP contribution in [0.15, 0.2) is 54.6 Å². The first-order valence-electron chi connectivity index (χ1n) is 6.50. The van der Waals surface area contributed by atoms with Gasteiger partial charge >= 0.3 is 0 Å². The Hall–Kier alpha value is -2.04. The minimum Gasteiger partial charge on any atom is -0.370 e. The number of hydrogen-bond donors (Lipinski definition) is 3. The summed E-state index contributed by atoms with van der Waals surface area (Å²) in [6, 6.07) is 16.8. The van der Waals surface area contributed by atoms with E-state index >= 15 is 0 Å². The molecule has 4 nitrogen and oxygen atoms in total. The zero-order valence-corrected chi connectivity index (χ0v) is 13.3. The fraction of sp³-hybridized carbons (Fsp3) is 0.125. The molecule has 0 aliphatic heterocycles. The summed E-state index contributed by atoms with van der Waals surface area (Å²) in [6.07, 6.45) is 0.514. The lowest BCUT2D eigenvalue weighted by Crippen LogP contribution is -2.39. The lowest BCUT2D eigenvalue weighted by molar-refractivity contribution is -0.121. The molecule has 0 spiro atoms. The maximum absolute atomic E-state index is 12.3. The minimum atomic E-state index is -0.406. The Bertz CT molecular complexity index is 630. The molecule has 2 aromatic rings. The molecule has 0 radical (unpaired) electrons. The molecule has 2 rings (SSSR count). The Morgan fingerprint density at radius 3 is 2.27 bits per heavy atom. The van der Waals surface area contributed by atoms with Crippen molar-refractivity contribution in [2.75, 3.05) is 0 Å². The van der Waals surface area contributed by atoms with E-state index in [9.17, 15) is 4.79 Å². The Labute approximate surface area is 140 Å². The number of benzene rings is 2. The summed E-state index contributed by atoms with van der Waals surface area (Å²) in [6.45, 7) is 0. The highest BCUT2D eigenvalue weighted by Crippen LogP contribution is 2.22. The van der Waals surface area contributed by atoms with Crippen molar-refractivity contribution in [1.29, 1.82) is 5.41 Å². The molecule has 0 aliphatic carbocycles. The van der Waals surface area contributed by atoms with E-state index < -0.39 is 5.92 Å². The lowest BCUT2D eigenvalue weighted by atomic mass is 9.91. The highest BCUT2D eigenvalue weighted by atomic mass is 35.5. The summed E-state index contributed by atoms with van der Waals surface area (Å²) in [5.74, 6) is -1.04. The number of rotatable bonds is 4. The molecular weight excluding hydrogens is 321 g/mol. The zero-order valence-electron chi connectivity index (χ0n) is 11.8. The van der Waals surface area contributed by atoms with Gasteiger partial charge in [0.2, 0.25) is 5.91 Å². The van der Waals surface area contributed by atoms with Crippen LogP contribution in [0.1, 0.15) is 17.0 Å². The van der Waals surface area contributed by atoms with Gasteiger partial charge in [-0.05, 0) is 29.7 Å². The third kappa shape index (κ3) is 5.06. The number of carbonyl (C=O) groups is 1. The van der Waals surface area contributed by atoms with Gasteiger partial charge in [0.25, 0.3) is 0 Å². The van der Waals surface area contributed by atoms with E-state index in [-0.39, 0.29) is 24.3 Å². The molecular formula is C16H17Cl2N3O. The van der Waals surface area contributed by atoms with Crippen molar-refractivity contribution in [2.24, 2.45) is 5.73 Å². The SMILES string of the molecule is Cl.N=C(N)NC(=O)[C@H](Cc1ccc(Cl)cc1)c1ccccc1. The number of amides is 1. The van der Waals surface area contributed by atoms with Crippen molar-refractivity contribution in [2.45, 2.75) is 12.3 Å². The van der Waals surface area contributed by atoms with Crippen LogP contribution in [-0.4, -0.2) is 11.9 Å². The normalized spacial score (nSPS) is 11.1. The second-order valence-corrected chi connectivity index (χ2v) is 5.13. The van der Waals surface area contributed by atoms with Crippen molar-refractivity contribution < 1.29 is 4.79 Å². The van der Waals surface area contributed by atoms with Gasteiger partial charge in [-0.25, -0.2) is 0 Å². The molecule has 0 fully saturated rings. The number of guanidine groups is 1. The summed E-state index contributed by atoms with van der Waals surface area (Å²) in [5.41, 5.74) is 7.13. The Balaban J connectivity index is 0.00000242. The van der Waals surface area contributed by atoms with E-state index in [1.54, 1.807) is 12.1 Å². The van der Waals surface area contributed by atoms with Gasteiger partial charge in [0.05, 0.1) is 5.92 Å². The van der Waals surface area contributed by atoms with Gasteiger partial charge in [-0.3, -0.25) is 15.5 Å². The monoisotopic (exact) mass is 337 g/mol. The van der Waals surface area contributed by atoms with E-state index in [0.29, 0.717) is 11.4 Å². The molecule has 6 heteroatoms. The Morgan fingerprint density at radius 1 is 1.14 bits per heavy atom. The molecule has 4 N–H and O–H groups in total. The van der Waals surface area contributed by atoms with Gasteiger partial charge in [-0.2, -0.15) is 0 Å². The second-order valence-electron chi connectivity index (χ2n) is 4.70. The van der Waals surface area contributed by atoms with Gasteiger partial charge in [-0.15, -0.1) is 12.4 Å². The molecule has 0 aliphatic rings. The number of carbonyl (C=O) groups excluding carboxylic acids is 1.